The number of carbonyl (C=O) groups is 1. The molecule has 3 heterocycles. The minimum Gasteiger partial charge on any atom is -0.444 e. The Bertz CT molecular complexity index is 1160. The number of rotatable bonds is 3. The van der Waals surface area contributed by atoms with Crippen LogP contribution in [0.1, 0.15) is 71.2 Å². The second-order valence-corrected chi connectivity index (χ2v) is 10.6. The van der Waals surface area contributed by atoms with Gasteiger partial charge in [-0.05, 0) is 59.4 Å². The Kier molecular flexibility index (Phi) is 5.19. The van der Waals surface area contributed by atoms with Gasteiger partial charge in [0.1, 0.15) is 5.60 Å². The van der Waals surface area contributed by atoms with Crippen molar-refractivity contribution in [1.29, 1.82) is 0 Å². The summed E-state index contributed by atoms with van der Waals surface area (Å²) in [7, 11) is 0. The van der Waals surface area contributed by atoms with Crippen molar-refractivity contribution in [3.8, 4) is 11.4 Å². The molecule has 176 valence electrons. The van der Waals surface area contributed by atoms with Crippen LogP contribution in [0.2, 0.25) is 0 Å². The standard InChI is InChI=1S/C24H31N5O4/c1-23(2,3)32-22(30)28-9-7-15(8-10-28)21-26-20(27-33-21)16-5-6-17-14-25-29(19(17)11-16)18-12-24(4,31)13-18/h5-6,11,14-15,18,31H,7-10,12-13H2,1-4H3. The normalized spacial score (nSPS) is 24.2. The van der Waals surface area contributed by atoms with Crippen molar-refractivity contribution in [2.45, 2.75) is 76.5 Å². The van der Waals surface area contributed by atoms with E-state index in [1.54, 1.807) is 4.90 Å². The number of carbonyl (C=O) groups excluding carboxylic acids is 1. The highest BCUT2D eigenvalue weighted by Gasteiger charge is 2.40. The predicted octanol–water partition coefficient (Wildman–Crippen LogP) is 4.29. The van der Waals surface area contributed by atoms with Crippen molar-refractivity contribution in [3.05, 3.63) is 30.3 Å². The summed E-state index contributed by atoms with van der Waals surface area (Å²) in [5.74, 6) is 1.28. The van der Waals surface area contributed by atoms with Crippen molar-refractivity contribution in [2.24, 2.45) is 0 Å². The van der Waals surface area contributed by atoms with Crippen LogP contribution >= 0.6 is 0 Å². The van der Waals surface area contributed by atoms with Crippen LogP contribution in [0.3, 0.4) is 0 Å². The molecule has 33 heavy (non-hydrogen) atoms. The van der Waals surface area contributed by atoms with E-state index in [-0.39, 0.29) is 18.1 Å². The first kappa shape index (κ1) is 21.9. The number of aliphatic hydroxyl groups is 1. The lowest BCUT2D eigenvalue weighted by Gasteiger charge is -2.41. The number of amides is 1. The molecule has 1 saturated carbocycles. The average molecular weight is 454 g/mol. The van der Waals surface area contributed by atoms with Gasteiger partial charge in [-0.1, -0.05) is 17.3 Å². The Morgan fingerprint density at radius 3 is 2.64 bits per heavy atom. The third kappa shape index (κ3) is 4.46. The van der Waals surface area contributed by atoms with Gasteiger partial charge < -0.3 is 19.3 Å². The fourth-order valence-electron chi connectivity index (χ4n) is 4.75. The molecule has 3 aromatic rings. The topological polar surface area (TPSA) is 107 Å². The molecular weight excluding hydrogens is 422 g/mol. The summed E-state index contributed by atoms with van der Waals surface area (Å²) in [6, 6.07) is 6.23. The minimum absolute atomic E-state index is 0.122. The lowest BCUT2D eigenvalue weighted by Crippen LogP contribution is -2.42. The number of hydrogen-bond donors (Lipinski definition) is 1. The first-order valence-corrected chi connectivity index (χ1v) is 11.6. The molecule has 0 atom stereocenters. The van der Waals surface area contributed by atoms with E-state index in [1.165, 1.54) is 0 Å². The quantitative estimate of drug-likeness (QED) is 0.630. The van der Waals surface area contributed by atoms with Crippen molar-refractivity contribution in [2.75, 3.05) is 13.1 Å². The largest absolute Gasteiger partial charge is 0.444 e. The molecule has 1 amide bonds. The van der Waals surface area contributed by atoms with Gasteiger partial charge in [-0.3, -0.25) is 4.68 Å². The highest BCUT2D eigenvalue weighted by molar-refractivity contribution is 5.83. The van der Waals surface area contributed by atoms with Gasteiger partial charge in [0.2, 0.25) is 11.7 Å². The fraction of sp³-hybridized carbons (Fsp3) is 0.583. The van der Waals surface area contributed by atoms with Crippen molar-refractivity contribution < 1.29 is 19.2 Å². The summed E-state index contributed by atoms with van der Waals surface area (Å²) in [5.41, 5.74) is 0.770. The van der Waals surface area contributed by atoms with E-state index in [0.717, 1.165) is 29.3 Å². The van der Waals surface area contributed by atoms with Crippen LogP contribution in [0.25, 0.3) is 22.3 Å². The van der Waals surface area contributed by atoms with Crippen molar-refractivity contribution in [3.63, 3.8) is 0 Å². The van der Waals surface area contributed by atoms with Crippen molar-refractivity contribution in [1.82, 2.24) is 24.8 Å². The number of nitrogens with zero attached hydrogens (tertiary/aromatic N) is 5. The lowest BCUT2D eigenvalue weighted by molar-refractivity contribution is -0.0530. The second-order valence-electron chi connectivity index (χ2n) is 10.6. The van der Waals surface area contributed by atoms with Crippen LogP contribution < -0.4 is 0 Å². The summed E-state index contributed by atoms with van der Waals surface area (Å²) in [5, 5.41) is 19.9. The molecule has 5 rings (SSSR count). The number of hydrogen-bond acceptors (Lipinski definition) is 7. The van der Waals surface area contributed by atoms with Crippen LogP contribution in [-0.4, -0.2) is 60.3 Å². The maximum atomic E-state index is 12.3. The Hall–Kier alpha value is -2.94. The molecule has 1 aliphatic carbocycles. The lowest BCUT2D eigenvalue weighted by atomic mass is 9.77. The van der Waals surface area contributed by atoms with Crippen LogP contribution in [-0.2, 0) is 4.74 Å². The molecule has 1 aliphatic heterocycles. The van der Waals surface area contributed by atoms with E-state index in [2.05, 4.69) is 15.2 Å². The third-order valence-corrected chi connectivity index (χ3v) is 6.49. The summed E-state index contributed by atoms with van der Waals surface area (Å²) in [4.78, 5) is 18.7. The number of likely N-dealkylation sites (tertiary alicyclic amines) is 1. The molecule has 1 aromatic carbocycles. The van der Waals surface area contributed by atoms with Gasteiger partial charge in [0.05, 0.1) is 23.4 Å². The monoisotopic (exact) mass is 453 g/mol. The molecule has 0 spiro atoms. The average Bonchev–Trinajstić information content (AvgIpc) is 3.38. The Morgan fingerprint density at radius 2 is 1.97 bits per heavy atom. The molecule has 1 saturated heterocycles. The molecule has 0 radical (unpaired) electrons. The van der Waals surface area contributed by atoms with Crippen molar-refractivity contribution >= 4 is 17.0 Å². The number of benzene rings is 1. The van der Waals surface area contributed by atoms with E-state index in [9.17, 15) is 9.90 Å². The first-order valence-electron chi connectivity index (χ1n) is 11.6. The number of piperidine rings is 1. The van der Waals surface area contributed by atoms with E-state index >= 15 is 0 Å². The van der Waals surface area contributed by atoms with Gasteiger partial charge in [0.15, 0.2) is 0 Å². The summed E-state index contributed by atoms with van der Waals surface area (Å²) in [6.45, 7) is 8.69. The van der Waals surface area contributed by atoms with Gasteiger partial charge in [-0.15, -0.1) is 0 Å². The molecule has 0 bridgehead atoms. The molecule has 9 heteroatoms. The summed E-state index contributed by atoms with van der Waals surface area (Å²) < 4.78 is 13.1. The third-order valence-electron chi connectivity index (χ3n) is 6.49. The number of aromatic nitrogens is 4. The van der Waals surface area contributed by atoms with Gasteiger partial charge in [-0.25, -0.2) is 4.79 Å². The molecule has 1 N–H and O–H groups in total. The maximum Gasteiger partial charge on any atom is 0.410 e. The van der Waals surface area contributed by atoms with Gasteiger partial charge in [0, 0.05) is 30.0 Å². The van der Waals surface area contributed by atoms with E-state index in [0.29, 0.717) is 37.6 Å². The smallest absolute Gasteiger partial charge is 0.410 e. The van der Waals surface area contributed by atoms with Gasteiger partial charge in [0.25, 0.3) is 0 Å². The van der Waals surface area contributed by atoms with Crippen LogP contribution in [0.4, 0.5) is 4.79 Å². The Balaban J connectivity index is 1.28. The zero-order valence-corrected chi connectivity index (χ0v) is 19.6. The highest BCUT2D eigenvalue weighted by atomic mass is 16.6. The number of fused-ring (bicyclic) bond motifs is 1. The van der Waals surface area contributed by atoms with E-state index in [4.69, 9.17) is 9.26 Å². The van der Waals surface area contributed by atoms with E-state index < -0.39 is 11.2 Å². The van der Waals surface area contributed by atoms with E-state index in [1.807, 2.05) is 56.8 Å². The maximum absolute atomic E-state index is 12.3. The molecule has 2 aromatic heterocycles. The fourth-order valence-corrected chi connectivity index (χ4v) is 4.75. The summed E-state index contributed by atoms with van der Waals surface area (Å²) in [6.07, 6.45) is 4.49. The zero-order chi connectivity index (χ0) is 23.4. The molecule has 2 fully saturated rings. The molecule has 9 nitrogen and oxygen atoms in total. The van der Waals surface area contributed by atoms with Crippen LogP contribution in [0, 0.1) is 0 Å². The Morgan fingerprint density at radius 1 is 1.24 bits per heavy atom. The first-order chi connectivity index (χ1) is 15.6. The minimum atomic E-state index is -0.609. The van der Waals surface area contributed by atoms with Gasteiger partial charge >= 0.3 is 6.09 Å². The summed E-state index contributed by atoms with van der Waals surface area (Å²) >= 11 is 0. The zero-order valence-electron chi connectivity index (χ0n) is 19.6. The van der Waals surface area contributed by atoms with Crippen LogP contribution in [0.5, 0.6) is 0 Å². The highest BCUT2D eigenvalue weighted by Crippen LogP contribution is 2.42. The Labute approximate surface area is 192 Å². The van der Waals surface area contributed by atoms with Gasteiger partial charge in [-0.2, -0.15) is 10.1 Å². The molecule has 0 unspecified atom stereocenters. The van der Waals surface area contributed by atoms with Crippen LogP contribution in [0.15, 0.2) is 28.9 Å². The second kappa shape index (κ2) is 7.83. The number of ether oxygens (including phenoxy) is 1. The predicted molar refractivity (Wildman–Crippen MR) is 122 cm³/mol. The molecular formula is C24H31N5O4. The SMILES string of the molecule is CC1(O)CC(n2ncc3ccc(-c4noc(C5CCN(C(=O)OC(C)(C)C)CC5)n4)cc32)C1. The molecule has 2 aliphatic rings.